The Morgan fingerprint density at radius 2 is 0.647 bits per heavy atom. The number of nitrogens with zero attached hydrogens (tertiary/aromatic N) is 2. The van der Waals surface area contributed by atoms with Crippen LogP contribution in [0.2, 0.25) is 0 Å². The van der Waals surface area contributed by atoms with Gasteiger partial charge in [0.05, 0.1) is 0 Å². The summed E-state index contributed by atoms with van der Waals surface area (Å²) in [4.78, 5) is 4.17. The normalized spacial score (nSPS) is 10.6. The van der Waals surface area contributed by atoms with Gasteiger partial charge in [-0.2, -0.15) is 0 Å². The van der Waals surface area contributed by atoms with Crippen LogP contribution in [-0.4, -0.2) is 38.4 Å². The average Bonchev–Trinajstić information content (AvgIpc) is 2.84. The number of hydrogen-bond donors (Lipinski definition) is 2. The van der Waals surface area contributed by atoms with Crippen molar-refractivity contribution in [2.75, 3.05) is 38.0 Å². The van der Waals surface area contributed by atoms with Crippen molar-refractivity contribution in [2.24, 2.45) is 0 Å². The van der Waals surface area contributed by atoms with E-state index in [1.165, 1.54) is 0 Å². The molecule has 4 aromatic carbocycles. The molecule has 0 unspecified atom stereocenters. The van der Waals surface area contributed by atoms with Crippen molar-refractivity contribution in [3.8, 4) is 11.5 Å². The molecule has 2 N–H and O–H groups in total. The molecule has 0 radical (unpaired) electrons. The molecule has 0 spiro atoms. The molecular formula is C30H30N2O2. The molecule has 4 rings (SSSR count). The molecule has 0 aliphatic rings. The fourth-order valence-corrected chi connectivity index (χ4v) is 4.02. The first-order chi connectivity index (χ1) is 16.3. The third-order valence-corrected chi connectivity index (χ3v) is 5.91. The van der Waals surface area contributed by atoms with Gasteiger partial charge < -0.3 is 20.0 Å². The Morgan fingerprint density at radius 3 is 0.882 bits per heavy atom. The Balaban J connectivity index is 2.03. The monoisotopic (exact) mass is 450 g/mol. The second-order valence-electron chi connectivity index (χ2n) is 8.73. The number of benzene rings is 4. The zero-order valence-corrected chi connectivity index (χ0v) is 20.0. The van der Waals surface area contributed by atoms with Gasteiger partial charge >= 0.3 is 0 Å². The van der Waals surface area contributed by atoms with Crippen LogP contribution < -0.4 is 9.80 Å². The van der Waals surface area contributed by atoms with E-state index in [2.05, 4.69) is 58.3 Å². The van der Waals surface area contributed by atoms with Crippen LogP contribution in [0.3, 0.4) is 0 Å². The molecule has 0 saturated carbocycles. The van der Waals surface area contributed by atoms with E-state index in [1.54, 1.807) is 24.3 Å². The molecule has 172 valence electrons. The van der Waals surface area contributed by atoms with E-state index in [9.17, 15) is 10.2 Å². The van der Waals surface area contributed by atoms with Crippen LogP contribution in [0.5, 0.6) is 11.5 Å². The number of aromatic hydroxyl groups is 2. The Kier molecular flexibility index (Phi) is 6.60. The third kappa shape index (κ3) is 4.91. The second kappa shape index (κ2) is 9.75. The smallest absolute Gasteiger partial charge is 0.115 e. The molecule has 0 bridgehead atoms. The van der Waals surface area contributed by atoms with Crippen LogP contribution in [0.25, 0.3) is 11.1 Å². The molecule has 4 heteroatoms. The zero-order valence-electron chi connectivity index (χ0n) is 20.0. The number of rotatable bonds is 6. The quantitative estimate of drug-likeness (QED) is 0.342. The van der Waals surface area contributed by atoms with E-state index >= 15 is 0 Å². The maximum atomic E-state index is 9.92. The molecule has 0 aliphatic carbocycles. The summed E-state index contributed by atoms with van der Waals surface area (Å²) in [6.07, 6.45) is 0. The van der Waals surface area contributed by atoms with E-state index in [1.807, 2.05) is 52.5 Å². The zero-order chi connectivity index (χ0) is 24.2. The first-order valence-electron chi connectivity index (χ1n) is 11.2. The maximum Gasteiger partial charge on any atom is 0.115 e. The Hall–Kier alpha value is -4.18. The fourth-order valence-electron chi connectivity index (χ4n) is 4.02. The first kappa shape index (κ1) is 23.0. The second-order valence-corrected chi connectivity index (χ2v) is 8.73. The highest BCUT2D eigenvalue weighted by Crippen LogP contribution is 2.38. The molecule has 0 amide bonds. The number of phenols is 2. The minimum Gasteiger partial charge on any atom is -0.508 e. The molecule has 0 aliphatic heterocycles. The van der Waals surface area contributed by atoms with Crippen LogP contribution >= 0.6 is 0 Å². The SMILES string of the molecule is CN(C)c1ccc(C(=C(c2ccc(O)cc2)c2ccc(O)cc2)c2ccc(N(C)C)cc2)cc1. The van der Waals surface area contributed by atoms with Crippen molar-refractivity contribution in [2.45, 2.75) is 0 Å². The minimum absolute atomic E-state index is 0.223. The lowest BCUT2D eigenvalue weighted by Crippen LogP contribution is -2.09. The summed E-state index contributed by atoms with van der Waals surface area (Å²) in [5, 5.41) is 19.8. The van der Waals surface area contributed by atoms with Gasteiger partial charge in [-0.05, 0) is 81.9 Å². The van der Waals surface area contributed by atoms with Gasteiger partial charge in [0, 0.05) is 39.6 Å². The highest BCUT2D eigenvalue weighted by Gasteiger charge is 2.17. The van der Waals surface area contributed by atoms with Gasteiger partial charge in [0.25, 0.3) is 0 Å². The van der Waals surface area contributed by atoms with Crippen LogP contribution in [0, 0.1) is 0 Å². The summed E-state index contributed by atoms with van der Waals surface area (Å²) < 4.78 is 0. The van der Waals surface area contributed by atoms with Gasteiger partial charge in [0.2, 0.25) is 0 Å². The van der Waals surface area contributed by atoms with E-state index < -0.39 is 0 Å². The van der Waals surface area contributed by atoms with Gasteiger partial charge in [0.1, 0.15) is 11.5 Å². The predicted octanol–water partition coefficient (Wildman–Crippen LogP) is 6.24. The van der Waals surface area contributed by atoms with Gasteiger partial charge in [-0.1, -0.05) is 48.5 Å². The topological polar surface area (TPSA) is 46.9 Å². The molecule has 0 atom stereocenters. The van der Waals surface area contributed by atoms with Crippen molar-refractivity contribution in [3.63, 3.8) is 0 Å². The molecule has 34 heavy (non-hydrogen) atoms. The summed E-state index contributed by atoms with van der Waals surface area (Å²) in [6, 6.07) is 31.6. The van der Waals surface area contributed by atoms with Gasteiger partial charge in [0.15, 0.2) is 0 Å². The van der Waals surface area contributed by atoms with E-state index in [4.69, 9.17) is 0 Å². The van der Waals surface area contributed by atoms with Crippen molar-refractivity contribution in [1.29, 1.82) is 0 Å². The molecule has 0 fully saturated rings. The molecule has 0 aromatic heterocycles. The number of hydrogen-bond acceptors (Lipinski definition) is 4. The standard InChI is InChI=1S/C30H30N2O2/c1-31(2)25-13-5-21(6-14-25)29(22-7-15-26(16-8-22)32(3)4)30(23-9-17-27(33)18-10-23)24-11-19-28(34)20-12-24/h5-20,33-34H,1-4H3. The van der Waals surface area contributed by atoms with E-state index in [0.717, 1.165) is 44.8 Å². The van der Waals surface area contributed by atoms with Gasteiger partial charge in [-0.25, -0.2) is 0 Å². The fraction of sp³-hybridized carbons (Fsp3) is 0.133. The largest absolute Gasteiger partial charge is 0.508 e. The molecule has 4 nitrogen and oxygen atoms in total. The summed E-state index contributed by atoms with van der Waals surface area (Å²) in [7, 11) is 8.13. The summed E-state index contributed by atoms with van der Waals surface area (Å²) >= 11 is 0. The minimum atomic E-state index is 0.223. The van der Waals surface area contributed by atoms with E-state index in [0.29, 0.717) is 0 Å². The third-order valence-electron chi connectivity index (χ3n) is 5.91. The Morgan fingerprint density at radius 1 is 0.412 bits per heavy atom. The lowest BCUT2D eigenvalue weighted by Gasteiger charge is -2.20. The van der Waals surface area contributed by atoms with Crippen molar-refractivity contribution in [1.82, 2.24) is 0 Å². The van der Waals surface area contributed by atoms with Crippen LogP contribution in [0.1, 0.15) is 22.3 Å². The number of anilines is 2. The summed E-state index contributed by atoms with van der Waals surface area (Å²) in [5.41, 5.74) is 8.48. The van der Waals surface area contributed by atoms with Crippen molar-refractivity contribution < 1.29 is 10.2 Å². The molecule has 0 saturated heterocycles. The van der Waals surface area contributed by atoms with Crippen LogP contribution in [0.15, 0.2) is 97.1 Å². The van der Waals surface area contributed by atoms with Crippen molar-refractivity contribution >= 4 is 22.5 Å². The van der Waals surface area contributed by atoms with Gasteiger partial charge in [-0.3, -0.25) is 0 Å². The molecular weight excluding hydrogens is 420 g/mol. The molecule has 4 aromatic rings. The Labute approximate surface area is 201 Å². The summed E-state index contributed by atoms with van der Waals surface area (Å²) in [5.74, 6) is 0.446. The molecule has 0 heterocycles. The van der Waals surface area contributed by atoms with Gasteiger partial charge in [-0.15, -0.1) is 0 Å². The lowest BCUT2D eigenvalue weighted by molar-refractivity contribution is 0.475. The van der Waals surface area contributed by atoms with E-state index in [-0.39, 0.29) is 11.5 Å². The predicted molar refractivity (Wildman–Crippen MR) is 143 cm³/mol. The lowest BCUT2D eigenvalue weighted by atomic mass is 9.85. The maximum absolute atomic E-state index is 9.92. The average molecular weight is 451 g/mol. The highest BCUT2D eigenvalue weighted by atomic mass is 16.3. The summed E-state index contributed by atoms with van der Waals surface area (Å²) in [6.45, 7) is 0. The highest BCUT2D eigenvalue weighted by molar-refractivity contribution is 6.04. The number of phenolic OH excluding ortho intramolecular Hbond substituents is 2. The van der Waals surface area contributed by atoms with Crippen molar-refractivity contribution in [3.05, 3.63) is 119 Å². The van der Waals surface area contributed by atoms with Crippen LogP contribution in [0.4, 0.5) is 11.4 Å². The van der Waals surface area contributed by atoms with Crippen LogP contribution in [-0.2, 0) is 0 Å². The first-order valence-corrected chi connectivity index (χ1v) is 11.2. The Bertz CT molecular complexity index is 1170.